The standard InChI is InChI=1S/C30H36ClNO5/c1-18-15-36-28(13-26(18)33)23-7-4-21(23)14-32-16-30(10-2-3-19-11-22(31)6-8-24(19)30)17-37-27-9-5-20(29(34)35)12-25(27)32/h5-6,8-9,11-12,18,21,23,26,28,33H,2-4,7,10,13-17H2,1H3,(H,34,35)/t18-,21+,23-,26-,28-,30?/m1/s1. The summed E-state index contributed by atoms with van der Waals surface area (Å²) in [6.45, 7) is 4.80. The van der Waals surface area contributed by atoms with E-state index in [0.717, 1.165) is 61.7 Å². The molecule has 0 aromatic heterocycles. The lowest BCUT2D eigenvalue weighted by Gasteiger charge is -2.48. The minimum absolute atomic E-state index is 0.0875. The van der Waals surface area contributed by atoms with E-state index in [4.69, 9.17) is 21.1 Å². The number of aryl methyl sites for hydroxylation is 1. The van der Waals surface area contributed by atoms with Crippen LogP contribution in [0.1, 0.15) is 60.5 Å². The third kappa shape index (κ3) is 4.62. The van der Waals surface area contributed by atoms with Gasteiger partial charge in [-0.05, 0) is 85.4 Å². The molecule has 2 aromatic rings. The molecule has 7 heteroatoms. The van der Waals surface area contributed by atoms with E-state index in [1.54, 1.807) is 12.1 Å². The molecule has 1 unspecified atom stereocenters. The number of anilines is 1. The Morgan fingerprint density at radius 2 is 2.08 bits per heavy atom. The average molecular weight is 526 g/mol. The van der Waals surface area contributed by atoms with E-state index in [1.165, 1.54) is 11.1 Å². The van der Waals surface area contributed by atoms with Gasteiger partial charge in [0.25, 0.3) is 0 Å². The fraction of sp³-hybridized carbons (Fsp3) is 0.567. The predicted molar refractivity (Wildman–Crippen MR) is 143 cm³/mol. The van der Waals surface area contributed by atoms with Crippen molar-refractivity contribution in [2.75, 3.05) is 31.2 Å². The van der Waals surface area contributed by atoms with Crippen molar-refractivity contribution in [3.63, 3.8) is 0 Å². The molecule has 6 rings (SSSR count). The van der Waals surface area contributed by atoms with Gasteiger partial charge in [0.2, 0.25) is 0 Å². The number of aromatic carboxylic acids is 1. The Hall–Kier alpha value is -2.28. The summed E-state index contributed by atoms with van der Waals surface area (Å²) in [6, 6.07) is 11.5. The average Bonchev–Trinajstić information content (AvgIpc) is 3.01. The molecular weight excluding hydrogens is 490 g/mol. The van der Waals surface area contributed by atoms with E-state index in [-0.39, 0.29) is 29.1 Å². The van der Waals surface area contributed by atoms with Crippen molar-refractivity contribution in [1.29, 1.82) is 0 Å². The lowest BCUT2D eigenvalue weighted by atomic mass is 9.67. The van der Waals surface area contributed by atoms with Gasteiger partial charge in [-0.2, -0.15) is 0 Å². The van der Waals surface area contributed by atoms with E-state index in [1.807, 2.05) is 19.1 Å². The fourth-order valence-corrected chi connectivity index (χ4v) is 7.26. The number of carbonyl (C=O) groups is 1. The van der Waals surface area contributed by atoms with Crippen LogP contribution in [0.2, 0.25) is 5.02 Å². The van der Waals surface area contributed by atoms with Crippen molar-refractivity contribution >= 4 is 23.3 Å². The van der Waals surface area contributed by atoms with Crippen molar-refractivity contribution in [2.45, 2.75) is 63.1 Å². The highest BCUT2D eigenvalue weighted by molar-refractivity contribution is 6.30. The summed E-state index contributed by atoms with van der Waals surface area (Å²) >= 11 is 6.36. The van der Waals surface area contributed by atoms with Gasteiger partial charge in [-0.3, -0.25) is 0 Å². The molecule has 2 aliphatic carbocycles. The maximum Gasteiger partial charge on any atom is 0.335 e. The number of fused-ring (bicyclic) bond motifs is 3. The lowest BCUT2D eigenvalue weighted by Crippen LogP contribution is -2.51. The Labute approximate surface area is 223 Å². The third-order valence-corrected chi connectivity index (χ3v) is 9.63. The number of hydrogen-bond acceptors (Lipinski definition) is 5. The van der Waals surface area contributed by atoms with Gasteiger partial charge in [-0.25, -0.2) is 4.79 Å². The van der Waals surface area contributed by atoms with E-state index < -0.39 is 5.97 Å². The van der Waals surface area contributed by atoms with Crippen molar-refractivity contribution in [1.82, 2.24) is 0 Å². The minimum Gasteiger partial charge on any atom is -0.490 e. The zero-order valence-corrected chi connectivity index (χ0v) is 22.1. The molecule has 37 heavy (non-hydrogen) atoms. The number of hydrogen-bond donors (Lipinski definition) is 2. The number of benzene rings is 2. The first-order valence-electron chi connectivity index (χ1n) is 13.7. The van der Waals surface area contributed by atoms with Crippen LogP contribution in [0.3, 0.4) is 0 Å². The molecule has 0 amide bonds. The van der Waals surface area contributed by atoms with Gasteiger partial charge in [0.05, 0.1) is 36.7 Å². The Bertz CT molecular complexity index is 1190. The molecule has 1 spiro atoms. The topological polar surface area (TPSA) is 79.2 Å². The van der Waals surface area contributed by atoms with Crippen LogP contribution in [0.15, 0.2) is 36.4 Å². The number of aliphatic hydroxyl groups excluding tert-OH is 1. The van der Waals surface area contributed by atoms with Gasteiger partial charge in [0.1, 0.15) is 5.75 Å². The second-order valence-corrected chi connectivity index (χ2v) is 12.2. The molecule has 2 fully saturated rings. The highest BCUT2D eigenvalue weighted by atomic mass is 35.5. The highest BCUT2D eigenvalue weighted by Gasteiger charge is 2.45. The highest BCUT2D eigenvalue weighted by Crippen LogP contribution is 2.47. The van der Waals surface area contributed by atoms with E-state index in [0.29, 0.717) is 31.5 Å². The maximum atomic E-state index is 11.9. The van der Waals surface area contributed by atoms with Gasteiger partial charge in [0.15, 0.2) is 0 Å². The summed E-state index contributed by atoms with van der Waals surface area (Å²) in [5.41, 5.74) is 3.54. The largest absolute Gasteiger partial charge is 0.490 e. The molecule has 1 saturated heterocycles. The summed E-state index contributed by atoms with van der Waals surface area (Å²) in [5.74, 6) is 0.830. The summed E-state index contributed by atoms with van der Waals surface area (Å²) in [4.78, 5) is 14.2. The number of ether oxygens (including phenoxy) is 2. The molecule has 2 aliphatic heterocycles. The summed E-state index contributed by atoms with van der Waals surface area (Å²) in [5, 5.41) is 21.0. The van der Waals surface area contributed by atoms with Gasteiger partial charge in [-0.15, -0.1) is 0 Å². The molecule has 0 radical (unpaired) electrons. The van der Waals surface area contributed by atoms with Crippen molar-refractivity contribution in [3.8, 4) is 5.75 Å². The first-order valence-corrected chi connectivity index (χ1v) is 14.0. The van der Waals surface area contributed by atoms with Crippen molar-refractivity contribution in [3.05, 3.63) is 58.1 Å². The smallest absolute Gasteiger partial charge is 0.335 e. The van der Waals surface area contributed by atoms with Crippen LogP contribution in [0.25, 0.3) is 0 Å². The molecule has 0 bridgehead atoms. The first-order chi connectivity index (χ1) is 17.8. The molecule has 6 nitrogen and oxygen atoms in total. The number of aliphatic hydroxyl groups is 1. The molecule has 198 valence electrons. The van der Waals surface area contributed by atoms with Crippen LogP contribution in [0.5, 0.6) is 5.75 Å². The van der Waals surface area contributed by atoms with E-state index in [2.05, 4.69) is 17.0 Å². The second-order valence-electron chi connectivity index (χ2n) is 11.7. The van der Waals surface area contributed by atoms with Crippen LogP contribution in [-0.2, 0) is 16.6 Å². The van der Waals surface area contributed by atoms with Crippen molar-refractivity contribution in [2.24, 2.45) is 17.8 Å². The van der Waals surface area contributed by atoms with Crippen LogP contribution >= 0.6 is 11.6 Å². The summed E-state index contributed by atoms with van der Waals surface area (Å²) in [6.07, 6.45) is 5.79. The molecule has 1 saturated carbocycles. The van der Waals surface area contributed by atoms with E-state index >= 15 is 0 Å². The number of halogens is 1. The first kappa shape index (κ1) is 25.0. The summed E-state index contributed by atoms with van der Waals surface area (Å²) < 4.78 is 12.7. The lowest BCUT2D eigenvalue weighted by molar-refractivity contribution is -0.124. The van der Waals surface area contributed by atoms with E-state index in [9.17, 15) is 15.0 Å². The fourth-order valence-electron chi connectivity index (χ4n) is 7.06. The van der Waals surface area contributed by atoms with Gasteiger partial charge >= 0.3 is 5.97 Å². The van der Waals surface area contributed by atoms with Crippen LogP contribution < -0.4 is 9.64 Å². The number of nitrogens with zero attached hydrogens (tertiary/aromatic N) is 1. The zero-order chi connectivity index (χ0) is 25.7. The van der Waals surface area contributed by atoms with Crippen LogP contribution in [0.4, 0.5) is 5.69 Å². The maximum absolute atomic E-state index is 11.9. The monoisotopic (exact) mass is 525 g/mol. The second kappa shape index (κ2) is 9.79. The molecule has 2 heterocycles. The van der Waals surface area contributed by atoms with Gasteiger partial charge in [0, 0.05) is 35.9 Å². The Morgan fingerprint density at radius 1 is 1.22 bits per heavy atom. The van der Waals surface area contributed by atoms with Gasteiger partial charge < -0.3 is 24.6 Å². The Morgan fingerprint density at radius 3 is 2.84 bits per heavy atom. The minimum atomic E-state index is -0.931. The quantitative estimate of drug-likeness (QED) is 0.562. The molecule has 2 aromatic carbocycles. The summed E-state index contributed by atoms with van der Waals surface area (Å²) in [7, 11) is 0. The number of carboxylic acid groups (broad SMARTS) is 1. The zero-order valence-electron chi connectivity index (χ0n) is 21.4. The molecular formula is C30H36ClNO5. The third-order valence-electron chi connectivity index (χ3n) is 9.40. The van der Waals surface area contributed by atoms with Gasteiger partial charge in [-0.1, -0.05) is 24.6 Å². The molecule has 2 N–H and O–H groups in total. The molecule has 6 atom stereocenters. The molecule has 4 aliphatic rings. The van der Waals surface area contributed by atoms with Crippen molar-refractivity contribution < 1.29 is 24.5 Å². The Balaban J connectivity index is 1.33. The Kier molecular flexibility index (Phi) is 6.62. The predicted octanol–water partition coefficient (Wildman–Crippen LogP) is 5.32. The number of carboxylic acids is 1. The van der Waals surface area contributed by atoms with Crippen LogP contribution in [0, 0.1) is 17.8 Å². The normalized spacial score (nSPS) is 33.1. The number of rotatable bonds is 4. The SMILES string of the molecule is C[C@@H]1CO[C@@H]([C@@H]2CC[C@H]2CN2CC3(CCCc4cc(Cl)ccc43)COc3ccc(C(=O)O)cc32)C[C@H]1O. The van der Waals surface area contributed by atoms with Crippen LogP contribution in [-0.4, -0.2) is 54.7 Å².